The van der Waals surface area contributed by atoms with E-state index < -0.39 is 12.2 Å². The fourth-order valence-corrected chi connectivity index (χ4v) is 4.88. The molecule has 0 N–H and O–H groups in total. The molecule has 0 aliphatic carbocycles. The van der Waals surface area contributed by atoms with Crippen LogP contribution < -0.4 is 9.80 Å². The van der Waals surface area contributed by atoms with Gasteiger partial charge in [-0.05, 0) is 26.0 Å². The Hall–Kier alpha value is -3.38. The number of amides is 1. The summed E-state index contributed by atoms with van der Waals surface area (Å²) in [6.45, 7) is 7.38. The van der Waals surface area contributed by atoms with Crippen LogP contribution in [-0.4, -0.2) is 95.5 Å². The van der Waals surface area contributed by atoms with E-state index in [4.69, 9.17) is 19.4 Å². The highest BCUT2D eigenvalue weighted by Crippen LogP contribution is 2.31. The van der Waals surface area contributed by atoms with Crippen molar-refractivity contribution in [3.8, 4) is 5.95 Å². The third-order valence-corrected chi connectivity index (χ3v) is 7.07. The van der Waals surface area contributed by atoms with Crippen molar-refractivity contribution >= 4 is 28.6 Å². The molecule has 2 aliphatic rings. The number of rotatable bonds is 6. The van der Waals surface area contributed by atoms with E-state index in [1.807, 2.05) is 13.0 Å². The van der Waals surface area contributed by atoms with Gasteiger partial charge in [0.2, 0.25) is 11.9 Å². The SMILES string of the molecule is COCC(=O)N1CCN(c2cc(N3CCOC(C)C3C)nc(-n3c(C(F)F)nc4ccccc43)n2)CC1. The van der Waals surface area contributed by atoms with Crippen LogP contribution in [0.4, 0.5) is 20.4 Å². The average molecular weight is 516 g/mol. The van der Waals surface area contributed by atoms with Crippen LogP contribution in [0.3, 0.4) is 0 Å². The predicted molar refractivity (Wildman–Crippen MR) is 135 cm³/mol. The molecular weight excluding hydrogens is 484 g/mol. The van der Waals surface area contributed by atoms with Crippen LogP contribution in [0, 0.1) is 0 Å². The number of carbonyl (C=O) groups is 1. The number of fused-ring (bicyclic) bond motifs is 1. The van der Waals surface area contributed by atoms with Gasteiger partial charge in [-0.25, -0.2) is 13.8 Å². The molecule has 1 aromatic carbocycles. The van der Waals surface area contributed by atoms with Crippen molar-refractivity contribution < 1.29 is 23.0 Å². The van der Waals surface area contributed by atoms with Crippen molar-refractivity contribution in [2.24, 2.45) is 0 Å². The molecule has 0 spiro atoms. The van der Waals surface area contributed by atoms with Crippen molar-refractivity contribution in [3.05, 3.63) is 36.2 Å². The Morgan fingerprint density at radius 1 is 1.08 bits per heavy atom. The second-order valence-corrected chi connectivity index (χ2v) is 9.29. The summed E-state index contributed by atoms with van der Waals surface area (Å²) in [5, 5.41) is 0. The van der Waals surface area contributed by atoms with Gasteiger partial charge in [0.25, 0.3) is 6.43 Å². The molecular formula is C25H31F2N7O3. The maximum atomic E-state index is 14.1. The second kappa shape index (κ2) is 10.5. The molecule has 5 rings (SSSR count). The van der Waals surface area contributed by atoms with Crippen LogP contribution in [0.2, 0.25) is 0 Å². The fraction of sp³-hybridized carbons (Fsp3) is 0.520. The minimum absolute atomic E-state index is 0.0170. The first-order valence-electron chi connectivity index (χ1n) is 12.4. The molecule has 10 nitrogen and oxygen atoms in total. The molecule has 3 aromatic rings. The molecule has 2 unspecified atom stereocenters. The number of hydrogen-bond donors (Lipinski definition) is 0. The second-order valence-electron chi connectivity index (χ2n) is 9.29. The molecule has 2 atom stereocenters. The van der Waals surface area contributed by atoms with Crippen LogP contribution in [0.5, 0.6) is 0 Å². The summed E-state index contributed by atoms with van der Waals surface area (Å²) in [6, 6.07) is 8.91. The van der Waals surface area contributed by atoms with E-state index in [1.54, 1.807) is 29.2 Å². The summed E-state index contributed by atoms with van der Waals surface area (Å²) in [5.41, 5.74) is 0.964. The minimum atomic E-state index is -2.80. The van der Waals surface area contributed by atoms with Gasteiger partial charge in [0.1, 0.15) is 18.2 Å². The van der Waals surface area contributed by atoms with Gasteiger partial charge in [-0.3, -0.25) is 9.36 Å². The minimum Gasteiger partial charge on any atom is -0.375 e. The monoisotopic (exact) mass is 515 g/mol. The standard InChI is InChI=1S/C25H31F2N7O3/c1-16-17(2)37-13-12-33(16)21-14-20(31-8-10-32(11-9-31)22(35)15-36-3)29-25(30-21)34-19-7-5-4-6-18(19)28-24(34)23(26)27/h4-7,14,16-17,23H,8-13,15H2,1-3H3. The van der Waals surface area contributed by atoms with Gasteiger partial charge in [0, 0.05) is 45.9 Å². The van der Waals surface area contributed by atoms with Crippen LogP contribution in [-0.2, 0) is 14.3 Å². The first-order chi connectivity index (χ1) is 17.9. The first-order valence-corrected chi connectivity index (χ1v) is 12.4. The molecule has 0 bridgehead atoms. The lowest BCUT2D eigenvalue weighted by molar-refractivity contribution is -0.135. The number of hydrogen-bond acceptors (Lipinski definition) is 8. The van der Waals surface area contributed by atoms with E-state index in [0.29, 0.717) is 62.0 Å². The van der Waals surface area contributed by atoms with Crippen LogP contribution in [0.1, 0.15) is 26.1 Å². The van der Waals surface area contributed by atoms with Crippen molar-refractivity contribution in [1.29, 1.82) is 0 Å². The topological polar surface area (TPSA) is 88.9 Å². The molecule has 1 amide bonds. The normalized spacial score (nSPS) is 20.8. The molecule has 198 valence electrons. The van der Waals surface area contributed by atoms with Crippen LogP contribution in [0.15, 0.2) is 30.3 Å². The Labute approximate surface area is 213 Å². The number of methoxy groups -OCH3 is 1. The van der Waals surface area contributed by atoms with Gasteiger partial charge >= 0.3 is 0 Å². The van der Waals surface area contributed by atoms with Crippen molar-refractivity contribution in [2.75, 3.05) is 62.8 Å². The number of aromatic nitrogens is 4. The molecule has 2 aromatic heterocycles. The van der Waals surface area contributed by atoms with Gasteiger partial charge in [0.15, 0.2) is 5.82 Å². The Balaban J connectivity index is 1.57. The molecule has 0 saturated carbocycles. The zero-order valence-electron chi connectivity index (χ0n) is 21.2. The zero-order valence-corrected chi connectivity index (χ0v) is 21.2. The number of alkyl halides is 2. The van der Waals surface area contributed by atoms with Crippen molar-refractivity contribution in [1.82, 2.24) is 24.4 Å². The lowest BCUT2D eigenvalue weighted by Crippen LogP contribution is -2.50. The summed E-state index contributed by atoms with van der Waals surface area (Å²) in [4.78, 5) is 31.9. The zero-order chi connectivity index (χ0) is 26.1. The summed E-state index contributed by atoms with van der Waals surface area (Å²) in [6.07, 6.45) is -2.82. The molecule has 2 aliphatic heterocycles. The van der Waals surface area contributed by atoms with E-state index in [1.165, 1.54) is 11.7 Å². The lowest BCUT2D eigenvalue weighted by atomic mass is 10.1. The number of piperazine rings is 1. The van der Waals surface area contributed by atoms with Crippen molar-refractivity contribution in [3.63, 3.8) is 0 Å². The van der Waals surface area contributed by atoms with E-state index in [2.05, 4.69) is 21.7 Å². The lowest BCUT2D eigenvalue weighted by Gasteiger charge is -2.39. The van der Waals surface area contributed by atoms with Gasteiger partial charge < -0.3 is 24.2 Å². The number of benzene rings is 1. The first kappa shape index (κ1) is 25.3. The summed E-state index contributed by atoms with van der Waals surface area (Å²) >= 11 is 0. The summed E-state index contributed by atoms with van der Waals surface area (Å²) in [7, 11) is 1.50. The van der Waals surface area contributed by atoms with Crippen LogP contribution in [0.25, 0.3) is 17.0 Å². The van der Waals surface area contributed by atoms with Crippen LogP contribution >= 0.6 is 0 Å². The average Bonchev–Trinajstić information content (AvgIpc) is 3.30. The molecule has 0 radical (unpaired) electrons. The van der Waals surface area contributed by atoms with E-state index in [-0.39, 0.29) is 30.6 Å². The number of nitrogens with zero attached hydrogens (tertiary/aromatic N) is 7. The highest BCUT2D eigenvalue weighted by Gasteiger charge is 2.30. The molecule has 2 saturated heterocycles. The molecule has 4 heterocycles. The van der Waals surface area contributed by atoms with Gasteiger partial charge in [-0.15, -0.1) is 0 Å². The number of imidazole rings is 1. The maximum Gasteiger partial charge on any atom is 0.296 e. The quantitative estimate of drug-likeness (QED) is 0.495. The maximum absolute atomic E-state index is 14.1. The van der Waals surface area contributed by atoms with E-state index >= 15 is 0 Å². The molecule has 37 heavy (non-hydrogen) atoms. The highest BCUT2D eigenvalue weighted by molar-refractivity contribution is 5.78. The number of morpholine rings is 1. The number of carbonyl (C=O) groups excluding carboxylic acids is 1. The number of halogens is 2. The Kier molecular flexibility index (Phi) is 7.20. The summed E-state index contributed by atoms with van der Waals surface area (Å²) < 4.78 is 40.4. The third-order valence-electron chi connectivity index (χ3n) is 7.07. The fourth-order valence-electron chi connectivity index (χ4n) is 4.88. The molecule has 2 fully saturated rings. The predicted octanol–water partition coefficient (Wildman–Crippen LogP) is 2.66. The third kappa shape index (κ3) is 4.95. The van der Waals surface area contributed by atoms with Gasteiger partial charge in [0.05, 0.1) is 29.8 Å². The largest absolute Gasteiger partial charge is 0.375 e. The highest BCUT2D eigenvalue weighted by atomic mass is 19.3. The smallest absolute Gasteiger partial charge is 0.296 e. The Morgan fingerprint density at radius 3 is 2.54 bits per heavy atom. The number of para-hydroxylation sites is 2. The van der Waals surface area contributed by atoms with Crippen molar-refractivity contribution in [2.45, 2.75) is 32.4 Å². The van der Waals surface area contributed by atoms with E-state index in [9.17, 15) is 13.6 Å². The number of anilines is 2. The Bertz CT molecular complexity index is 1260. The van der Waals surface area contributed by atoms with E-state index in [0.717, 1.165) is 0 Å². The molecule has 12 heteroatoms. The summed E-state index contributed by atoms with van der Waals surface area (Å²) in [5.74, 6) is 0.930. The Morgan fingerprint density at radius 2 is 1.81 bits per heavy atom. The van der Waals surface area contributed by atoms with Gasteiger partial charge in [-0.1, -0.05) is 12.1 Å². The number of ether oxygens (including phenoxy) is 2. The van der Waals surface area contributed by atoms with Gasteiger partial charge in [-0.2, -0.15) is 9.97 Å².